The van der Waals surface area contributed by atoms with E-state index < -0.39 is 10.0 Å². The van der Waals surface area contributed by atoms with Gasteiger partial charge in [-0.25, -0.2) is 26.8 Å². The van der Waals surface area contributed by atoms with Crippen molar-refractivity contribution in [2.24, 2.45) is 0 Å². The SMILES string of the molecule is Cc1cccc(Cn2nc(C3CCCN(S(C)(=O)=O)C3)n(-c3cccs3)c2=O)c1. The normalized spacial score (nSPS) is 18.2. The van der Waals surface area contributed by atoms with Gasteiger partial charge in [-0.15, -0.1) is 11.3 Å². The van der Waals surface area contributed by atoms with Gasteiger partial charge in [-0.2, -0.15) is 5.10 Å². The highest BCUT2D eigenvalue weighted by atomic mass is 32.2. The summed E-state index contributed by atoms with van der Waals surface area (Å²) in [4.78, 5) is 13.2. The van der Waals surface area contributed by atoms with E-state index in [9.17, 15) is 13.2 Å². The Hall–Kier alpha value is -2.23. The Morgan fingerprint density at radius 2 is 2.07 bits per heavy atom. The van der Waals surface area contributed by atoms with Crippen LogP contribution in [0.3, 0.4) is 0 Å². The molecule has 1 saturated heterocycles. The van der Waals surface area contributed by atoms with Gasteiger partial charge in [0.1, 0.15) is 10.8 Å². The molecule has 3 aromatic rings. The van der Waals surface area contributed by atoms with Gasteiger partial charge in [-0.05, 0) is 42.8 Å². The maximum absolute atomic E-state index is 13.2. The molecular weight excluding hydrogens is 408 g/mol. The molecule has 0 radical (unpaired) electrons. The Morgan fingerprint density at radius 1 is 1.24 bits per heavy atom. The van der Waals surface area contributed by atoms with Gasteiger partial charge >= 0.3 is 5.69 Å². The first-order valence-electron chi connectivity index (χ1n) is 9.57. The van der Waals surface area contributed by atoms with Gasteiger partial charge in [0.25, 0.3) is 0 Å². The number of benzene rings is 1. The number of hydrogen-bond donors (Lipinski definition) is 0. The van der Waals surface area contributed by atoms with Crippen LogP contribution in [0.15, 0.2) is 46.6 Å². The molecule has 2 aromatic heterocycles. The minimum atomic E-state index is -3.28. The lowest BCUT2D eigenvalue weighted by molar-refractivity contribution is 0.308. The van der Waals surface area contributed by atoms with Crippen LogP contribution in [0.4, 0.5) is 0 Å². The van der Waals surface area contributed by atoms with Crippen molar-refractivity contribution in [1.82, 2.24) is 18.7 Å². The molecule has 0 bridgehead atoms. The number of thiophene rings is 1. The minimum absolute atomic E-state index is 0.118. The predicted octanol–water partition coefficient (Wildman–Crippen LogP) is 2.59. The highest BCUT2D eigenvalue weighted by Crippen LogP contribution is 2.28. The summed E-state index contributed by atoms with van der Waals surface area (Å²) in [7, 11) is -3.28. The van der Waals surface area contributed by atoms with Crippen molar-refractivity contribution in [3.8, 4) is 5.00 Å². The van der Waals surface area contributed by atoms with Crippen LogP contribution in [-0.4, -0.2) is 46.4 Å². The molecule has 9 heteroatoms. The summed E-state index contributed by atoms with van der Waals surface area (Å²) in [5.74, 6) is 0.519. The Bertz CT molecular complexity index is 1160. The van der Waals surface area contributed by atoms with Gasteiger partial charge in [0.05, 0.1) is 12.8 Å². The first kappa shape index (κ1) is 20.1. The average molecular weight is 433 g/mol. The third-order valence-electron chi connectivity index (χ3n) is 5.22. The second kappa shape index (κ2) is 7.89. The van der Waals surface area contributed by atoms with Crippen LogP contribution in [0.5, 0.6) is 0 Å². The average Bonchev–Trinajstić information content (AvgIpc) is 3.30. The Kier molecular flexibility index (Phi) is 5.46. The number of hydrogen-bond acceptors (Lipinski definition) is 5. The standard InChI is InChI=1S/C20H24N4O3S2/c1-15-6-3-7-16(12-15)13-23-20(25)24(18-9-5-11-28-18)19(21-23)17-8-4-10-22(14-17)29(2,26)27/h3,5-7,9,11-12,17H,4,8,10,13-14H2,1-2H3. The maximum Gasteiger partial charge on any atom is 0.351 e. The molecule has 29 heavy (non-hydrogen) atoms. The molecule has 154 valence electrons. The third kappa shape index (κ3) is 4.22. The molecule has 7 nitrogen and oxygen atoms in total. The van der Waals surface area contributed by atoms with Crippen LogP contribution in [0, 0.1) is 6.92 Å². The van der Waals surface area contributed by atoms with E-state index in [0.717, 1.165) is 29.0 Å². The van der Waals surface area contributed by atoms with Crippen LogP contribution < -0.4 is 5.69 Å². The van der Waals surface area contributed by atoms with Crippen molar-refractivity contribution >= 4 is 21.4 Å². The zero-order valence-corrected chi connectivity index (χ0v) is 18.1. The molecule has 1 aliphatic rings. The third-order valence-corrected chi connectivity index (χ3v) is 7.35. The first-order chi connectivity index (χ1) is 13.8. The molecule has 0 aliphatic carbocycles. The van der Waals surface area contributed by atoms with Gasteiger partial charge in [0.2, 0.25) is 10.0 Å². The van der Waals surface area contributed by atoms with E-state index in [1.54, 1.807) is 4.57 Å². The van der Waals surface area contributed by atoms with Gasteiger partial charge in [0, 0.05) is 19.0 Å². The van der Waals surface area contributed by atoms with Crippen molar-refractivity contribution in [3.05, 3.63) is 69.2 Å². The number of aryl methyl sites for hydroxylation is 1. The van der Waals surface area contributed by atoms with Crippen LogP contribution in [0.2, 0.25) is 0 Å². The van der Waals surface area contributed by atoms with E-state index in [2.05, 4.69) is 5.10 Å². The fourth-order valence-electron chi connectivity index (χ4n) is 3.83. The highest BCUT2D eigenvalue weighted by Gasteiger charge is 2.31. The van der Waals surface area contributed by atoms with Crippen LogP contribution in [-0.2, 0) is 16.6 Å². The van der Waals surface area contributed by atoms with Crippen molar-refractivity contribution in [3.63, 3.8) is 0 Å². The molecule has 1 aliphatic heterocycles. The summed E-state index contributed by atoms with van der Waals surface area (Å²) in [6.45, 7) is 3.27. The first-order valence-corrected chi connectivity index (χ1v) is 12.3. The molecular formula is C20H24N4O3S2. The van der Waals surface area contributed by atoms with E-state index in [4.69, 9.17) is 0 Å². The number of piperidine rings is 1. The molecule has 1 unspecified atom stereocenters. The summed E-state index contributed by atoms with van der Waals surface area (Å²) in [5, 5.41) is 7.41. The second-order valence-corrected chi connectivity index (χ2v) is 10.4. The lowest BCUT2D eigenvalue weighted by Crippen LogP contribution is -2.39. The van der Waals surface area contributed by atoms with Gasteiger partial charge < -0.3 is 0 Å². The molecule has 0 spiro atoms. The van der Waals surface area contributed by atoms with E-state index in [0.29, 0.717) is 25.5 Å². The zero-order chi connectivity index (χ0) is 20.6. The van der Waals surface area contributed by atoms with Crippen molar-refractivity contribution < 1.29 is 8.42 Å². The van der Waals surface area contributed by atoms with Crippen molar-refractivity contribution in [2.45, 2.75) is 32.2 Å². The topological polar surface area (TPSA) is 77.2 Å². The number of nitrogens with zero attached hydrogens (tertiary/aromatic N) is 4. The van der Waals surface area contributed by atoms with E-state index in [1.165, 1.54) is 26.6 Å². The molecule has 1 atom stereocenters. The number of aromatic nitrogens is 3. The van der Waals surface area contributed by atoms with Crippen LogP contribution in [0.1, 0.15) is 35.7 Å². The molecule has 1 aromatic carbocycles. The Balaban J connectivity index is 1.75. The fraction of sp³-hybridized carbons (Fsp3) is 0.400. The summed E-state index contributed by atoms with van der Waals surface area (Å²) in [6, 6.07) is 11.8. The lowest BCUT2D eigenvalue weighted by Gasteiger charge is -2.30. The van der Waals surface area contributed by atoms with Gasteiger partial charge in [-0.3, -0.25) is 0 Å². The van der Waals surface area contributed by atoms with Gasteiger partial charge in [0.15, 0.2) is 0 Å². The molecule has 0 saturated carbocycles. The molecule has 4 rings (SSSR count). The summed E-state index contributed by atoms with van der Waals surface area (Å²) < 4.78 is 28.7. The molecule has 1 fully saturated rings. The largest absolute Gasteiger partial charge is 0.351 e. The fourth-order valence-corrected chi connectivity index (χ4v) is 5.48. The predicted molar refractivity (Wildman–Crippen MR) is 114 cm³/mol. The summed E-state index contributed by atoms with van der Waals surface area (Å²) in [5.41, 5.74) is 1.95. The lowest BCUT2D eigenvalue weighted by atomic mass is 9.99. The highest BCUT2D eigenvalue weighted by molar-refractivity contribution is 7.88. The zero-order valence-electron chi connectivity index (χ0n) is 16.5. The maximum atomic E-state index is 13.2. The smallest absolute Gasteiger partial charge is 0.246 e. The van der Waals surface area contributed by atoms with Crippen molar-refractivity contribution in [1.29, 1.82) is 0 Å². The summed E-state index contributed by atoms with van der Waals surface area (Å²) in [6.07, 6.45) is 2.79. The Labute approximate surface area is 174 Å². The van der Waals surface area contributed by atoms with E-state index in [1.807, 2.05) is 48.7 Å². The quantitative estimate of drug-likeness (QED) is 0.621. The minimum Gasteiger partial charge on any atom is -0.246 e. The number of rotatable bonds is 5. The Morgan fingerprint density at radius 3 is 2.76 bits per heavy atom. The van der Waals surface area contributed by atoms with Crippen molar-refractivity contribution in [2.75, 3.05) is 19.3 Å². The molecule has 3 heterocycles. The second-order valence-electron chi connectivity index (χ2n) is 7.53. The molecule has 0 N–H and O–H groups in total. The monoisotopic (exact) mass is 432 g/mol. The van der Waals surface area contributed by atoms with Crippen LogP contribution >= 0.6 is 11.3 Å². The molecule has 0 amide bonds. The van der Waals surface area contributed by atoms with E-state index >= 15 is 0 Å². The van der Waals surface area contributed by atoms with E-state index in [-0.39, 0.29) is 11.6 Å². The van der Waals surface area contributed by atoms with Gasteiger partial charge in [-0.1, -0.05) is 29.8 Å². The number of sulfonamides is 1. The summed E-state index contributed by atoms with van der Waals surface area (Å²) >= 11 is 1.47. The van der Waals surface area contributed by atoms with Crippen LogP contribution in [0.25, 0.3) is 5.00 Å².